The number of carbonyl (C=O) groups is 1. The number of amides is 2. The lowest BCUT2D eigenvalue weighted by Gasteiger charge is -2.25. The Kier molecular flexibility index (Phi) is 6.47. The summed E-state index contributed by atoms with van der Waals surface area (Å²) in [6.07, 6.45) is 0. The lowest BCUT2D eigenvalue weighted by molar-refractivity contribution is 0.232. The Labute approximate surface area is 146 Å². The molecule has 0 bridgehead atoms. The van der Waals surface area contributed by atoms with Crippen LogP contribution >= 0.6 is 0 Å². The minimum absolute atomic E-state index is 0.154. The molecule has 4 nitrogen and oxygen atoms in total. The smallest absolute Gasteiger partial charge is 0.315 e. The van der Waals surface area contributed by atoms with Crippen LogP contribution < -0.4 is 10.6 Å². The maximum Gasteiger partial charge on any atom is 0.315 e. The number of hydrogen-bond donors (Lipinski definition) is 2. The van der Waals surface area contributed by atoms with E-state index in [-0.39, 0.29) is 30.3 Å². The Morgan fingerprint density at radius 3 is 2.52 bits per heavy atom. The van der Waals surface area contributed by atoms with E-state index in [4.69, 9.17) is 0 Å². The van der Waals surface area contributed by atoms with Gasteiger partial charge in [0.05, 0.1) is 6.04 Å². The summed E-state index contributed by atoms with van der Waals surface area (Å²) in [4.78, 5) is 13.9. The molecule has 2 amide bonds. The normalized spacial score (nSPS) is 12.1. The fraction of sp³-hybridized carbons (Fsp3) is 0.316. The summed E-state index contributed by atoms with van der Waals surface area (Å²) in [5, 5.41) is 5.46. The zero-order chi connectivity index (χ0) is 18.4. The predicted molar refractivity (Wildman–Crippen MR) is 94.2 cm³/mol. The molecule has 0 saturated carbocycles. The maximum absolute atomic E-state index is 13.5. The molecule has 2 aromatic carbocycles. The Morgan fingerprint density at radius 2 is 1.88 bits per heavy atom. The highest BCUT2D eigenvalue weighted by atomic mass is 19.1. The van der Waals surface area contributed by atoms with Crippen LogP contribution in [0.25, 0.3) is 0 Å². The van der Waals surface area contributed by atoms with E-state index >= 15 is 0 Å². The minimum atomic E-state index is -0.357. The predicted octanol–water partition coefficient (Wildman–Crippen LogP) is 3.38. The second kappa shape index (κ2) is 8.58. The molecule has 0 saturated heterocycles. The van der Waals surface area contributed by atoms with Gasteiger partial charge in [0, 0.05) is 13.1 Å². The molecule has 134 valence electrons. The number of rotatable bonds is 6. The van der Waals surface area contributed by atoms with Crippen molar-refractivity contribution in [2.45, 2.75) is 19.5 Å². The van der Waals surface area contributed by atoms with E-state index in [0.717, 1.165) is 5.56 Å². The van der Waals surface area contributed by atoms with E-state index in [1.165, 1.54) is 18.2 Å². The summed E-state index contributed by atoms with van der Waals surface area (Å²) >= 11 is 0. The molecule has 0 spiro atoms. The first-order valence-corrected chi connectivity index (χ1v) is 8.05. The van der Waals surface area contributed by atoms with Crippen molar-refractivity contribution in [2.24, 2.45) is 0 Å². The minimum Gasteiger partial charge on any atom is -0.336 e. The zero-order valence-electron chi connectivity index (χ0n) is 14.6. The number of benzene rings is 2. The van der Waals surface area contributed by atoms with Crippen molar-refractivity contribution in [3.63, 3.8) is 0 Å². The fourth-order valence-corrected chi connectivity index (χ4v) is 2.49. The van der Waals surface area contributed by atoms with Crippen molar-refractivity contribution in [3.8, 4) is 0 Å². The lowest BCUT2D eigenvalue weighted by Crippen LogP contribution is -2.40. The number of nitrogens with one attached hydrogen (secondary N) is 2. The monoisotopic (exact) mass is 347 g/mol. The first-order valence-electron chi connectivity index (χ1n) is 8.05. The molecule has 0 aliphatic heterocycles. The molecule has 25 heavy (non-hydrogen) atoms. The first-order chi connectivity index (χ1) is 11.9. The number of likely N-dealkylation sites (N-methyl/N-ethyl adjacent to an activating group) is 1. The third-order valence-corrected chi connectivity index (χ3v) is 4.00. The lowest BCUT2D eigenvalue weighted by atomic mass is 10.1. The van der Waals surface area contributed by atoms with Gasteiger partial charge in [-0.15, -0.1) is 0 Å². The topological polar surface area (TPSA) is 44.4 Å². The van der Waals surface area contributed by atoms with Crippen molar-refractivity contribution < 1.29 is 13.6 Å². The molecule has 1 unspecified atom stereocenters. The van der Waals surface area contributed by atoms with E-state index < -0.39 is 0 Å². The second-order valence-electron chi connectivity index (χ2n) is 6.18. The largest absolute Gasteiger partial charge is 0.336 e. The van der Waals surface area contributed by atoms with Crippen molar-refractivity contribution in [1.29, 1.82) is 0 Å². The van der Waals surface area contributed by atoms with Crippen molar-refractivity contribution >= 4 is 6.03 Å². The van der Waals surface area contributed by atoms with Crippen LogP contribution in [0.1, 0.15) is 22.7 Å². The van der Waals surface area contributed by atoms with E-state index in [0.29, 0.717) is 17.7 Å². The Morgan fingerprint density at radius 1 is 1.12 bits per heavy atom. The quantitative estimate of drug-likeness (QED) is 0.841. The van der Waals surface area contributed by atoms with Crippen molar-refractivity contribution in [3.05, 3.63) is 70.8 Å². The van der Waals surface area contributed by atoms with Gasteiger partial charge in [-0.2, -0.15) is 0 Å². The zero-order valence-corrected chi connectivity index (χ0v) is 14.6. The standard InChI is InChI=1S/C19H23F2N3O/c1-13-7-8-14(9-17(13)21)11-22-19(25)23-12-18(24(2)3)15-5-4-6-16(20)10-15/h4-10,18H,11-12H2,1-3H3,(H2,22,23,25). The molecule has 0 fully saturated rings. The van der Waals surface area contributed by atoms with Gasteiger partial charge >= 0.3 is 6.03 Å². The summed E-state index contributed by atoms with van der Waals surface area (Å²) < 4.78 is 26.9. The summed E-state index contributed by atoms with van der Waals surface area (Å²) in [6, 6.07) is 10.7. The van der Waals surface area contributed by atoms with Crippen LogP contribution in [0.3, 0.4) is 0 Å². The number of aryl methyl sites for hydroxylation is 1. The highest BCUT2D eigenvalue weighted by molar-refractivity contribution is 5.73. The molecule has 0 aliphatic rings. The van der Waals surface area contributed by atoms with Gasteiger partial charge in [0.1, 0.15) is 11.6 Å². The fourth-order valence-electron chi connectivity index (χ4n) is 2.49. The van der Waals surface area contributed by atoms with Crippen molar-refractivity contribution in [2.75, 3.05) is 20.6 Å². The van der Waals surface area contributed by atoms with Crippen LogP contribution in [0.2, 0.25) is 0 Å². The summed E-state index contributed by atoms with van der Waals surface area (Å²) in [7, 11) is 3.73. The molecule has 2 N–H and O–H groups in total. The molecule has 2 aromatic rings. The van der Waals surface area contributed by atoms with E-state index in [1.807, 2.05) is 25.1 Å². The van der Waals surface area contributed by atoms with Gasteiger partial charge in [-0.3, -0.25) is 0 Å². The average molecular weight is 347 g/mol. The van der Waals surface area contributed by atoms with Crippen LogP contribution in [0, 0.1) is 18.6 Å². The Bertz CT molecular complexity index is 734. The Hall–Kier alpha value is -2.47. The number of urea groups is 1. The van der Waals surface area contributed by atoms with Crippen LogP contribution in [-0.2, 0) is 6.54 Å². The van der Waals surface area contributed by atoms with Gasteiger partial charge < -0.3 is 15.5 Å². The van der Waals surface area contributed by atoms with Crippen LogP contribution in [0.15, 0.2) is 42.5 Å². The molecule has 0 aliphatic carbocycles. The van der Waals surface area contributed by atoms with Gasteiger partial charge in [0.2, 0.25) is 0 Å². The van der Waals surface area contributed by atoms with Gasteiger partial charge in [0.15, 0.2) is 0 Å². The third-order valence-electron chi connectivity index (χ3n) is 4.00. The average Bonchev–Trinajstić information content (AvgIpc) is 2.56. The molecule has 0 aromatic heterocycles. The molecular weight excluding hydrogens is 324 g/mol. The molecule has 2 rings (SSSR count). The molecule has 0 heterocycles. The highest BCUT2D eigenvalue weighted by Crippen LogP contribution is 2.18. The van der Waals surface area contributed by atoms with Gasteiger partial charge in [-0.25, -0.2) is 13.6 Å². The second-order valence-corrected chi connectivity index (χ2v) is 6.18. The Balaban J connectivity index is 1.89. The summed E-state index contributed by atoms with van der Waals surface area (Å²) in [6.45, 7) is 2.24. The maximum atomic E-state index is 13.5. The van der Waals surface area contributed by atoms with Gasteiger partial charge in [0.25, 0.3) is 0 Å². The third kappa shape index (κ3) is 5.53. The van der Waals surface area contributed by atoms with Crippen molar-refractivity contribution in [1.82, 2.24) is 15.5 Å². The van der Waals surface area contributed by atoms with E-state index in [1.54, 1.807) is 25.1 Å². The first kappa shape index (κ1) is 18.9. The highest BCUT2D eigenvalue weighted by Gasteiger charge is 2.15. The molecule has 6 heteroatoms. The van der Waals surface area contributed by atoms with Crippen LogP contribution in [-0.4, -0.2) is 31.6 Å². The SMILES string of the molecule is Cc1ccc(CNC(=O)NCC(c2cccc(F)c2)N(C)C)cc1F. The number of nitrogens with zero attached hydrogens (tertiary/aromatic N) is 1. The number of hydrogen-bond acceptors (Lipinski definition) is 2. The summed E-state index contributed by atoms with van der Waals surface area (Å²) in [5.41, 5.74) is 2.04. The van der Waals surface area contributed by atoms with Crippen LogP contribution in [0.5, 0.6) is 0 Å². The molecule has 1 atom stereocenters. The summed E-state index contributed by atoms with van der Waals surface area (Å²) in [5.74, 6) is -0.603. The van der Waals surface area contributed by atoms with E-state index in [9.17, 15) is 13.6 Å². The van der Waals surface area contributed by atoms with Gasteiger partial charge in [-0.1, -0.05) is 24.3 Å². The number of halogens is 2. The van der Waals surface area contributed by atoms with Crippen LogP contribution in [0.4, 0.5) is 13.6 Å². The number of carbonyl (C=O) groups excluding carboxylic acids is 1. The molecular formula is C19H23F2N3O. The van der Waals surface area contributed by atoms with Gasteiger partial charge in [-0.05, 0) is 55.9 Å². The molecule has 0 radical (unpaired) electrons. The van der Waals surface area contributed by atoms with E-state index in [2.05, 4.69) is 10.6 Å².